The molecule has 0 bridgehead atoms. The van der Waals surface area contributed by atoms with E-state index in [2.05, 4.69) is 41.5 Å². The second kappa shape index (κ2) is 10.3. The van der Waals surface area contributed by atoms with E-state index < -0.39 is 11.6 Å². The standard InChI is InChI=1S/C25H23BrN10O2/c1-15-6-23-32-17(12-35(23)13-19(15)26)10-29-9-16(8-27)24(37)30-11-20-21-7-18(2-4-34(21)14-31-20)36-5-3-22(28)33-25(36)38/h2-9,12-14,27,29H,10-11H2,1H3,(H,30,37)(H2,28,33,38)/b16-9+,27-8?. The van der Waals surface area contributed by atoms with Crippen LogP contribution >= 0.6 is 15.9 Å². The molecule has 0 saturated carbocycles. The van der Waals surface area contributed by atoms with Crippen LogP contribution in [0.4, 0.5) is 5.82 Å². The largest absolute Gasteiger partial charge is 0.384 e. The molecule has 5 heterocycles. The number of fused-ring (bicyclic) bond motifs is 2. The number of imidazole rings is 2. The molecule has 0 aromatic carbocycles. The summed E-state index contributed by atoms with van der Waals surface area (Å²) in [6.07, 6.45) is 11.2. The van der Waals surface area contributed by atoms with Crippen molar-refractivity contribution >= 4 is 45.0 Å². The number of halogens is 1. The molecule has 0 unspecified atom stereocenters. The molecule has 1 amide bonds. The maximum Gasteiger partial charge on any atom is 0.354 e. The van der Waals surface area contributed by atoms with Crippen molar-refractivity contribution in [1.82, 2.24) is 39.0 Å². The predicted molar refractivity (Wildman–Crippen MR) is 146 cm³/mol. The van der Waals surface area contributed by atoms with Gasteiger partial charge in [-0.05, 0) is 52.7 Å². The van der Waals surface area contributed by atoms with Crippen LogP contribution < -0.4 is 22.1 Å². The Hall–Kier alpha value is -4.78. The van der Waals surface area contributed by atoms with Gasteiger partial charge >= 0.3 is 5.69 Å². The number of carbonyl (C=O) groups is 1. The molecule has 0 aliphatic carbocycles. The van der Waals surface area contributed by atoms with Crippen molar-refractivity contribution < 1.29 is 4.79 Å². The van der Waals surface area contributed by atoms with Gasteiger partial charge in [0.1, 0.15) is 11.5 Å². The highest BCUT2D eigenvalue weighted by molar-refractivity contribution is 9.10. The van der Waals surface area contributed by atoms with E-state index in [-0.39, 0.29) is 17.9 Å². The number of nitrogen functional groups attached to an aromatic ring is 1. The Labute approximate surface area is 224 Å². The minimum Gasteiger partial charge on any atom is -0.384 e. The lowest BCUT2D eigenvalue weighted by molar-refractivity contribution is -0.117. The topological polar surface area (TPSA) is 160 Å². The minimum atomic E-state index is -0.497. The van der Waals surface area contributed by atoms with Crippen molar-refractivity contribution in [3.05, 3.63) is 99.1 Å². The van der Waals surface area contributed by atoms with Gasteiger partial charge < -0.3 is 30.6 Å². The lowest BCUT2D eigenvalue weighted by Crippen LogP contribution is -2.26. The number of amides is 1. The molecular formula is C25H23BrN10O2. The highest BCUT2D eigenvalue weighted by Gasteiger charge is 2.12. The maximum absolute atomic E-state index is 12.7. The Kier molecular flexibility index (Phi) is 6.75. The summed E-state index contributed by atoms with van der Waals surface area (Å²) >= 11 is 3.51. The molecule has 0 radical (unpaired) electrons. The molecule has 0 aliphatic heterocycles. The van der Waals surface area contributed by atoms with Gasteiger partial charge in [0, 0.05) is 41.7 Å². The molecule has 0 atom stereocenters. The van der Waals surface area contributed by atoms with Crippen molar-refractivity contribution in [2.45, 2.75) is 20.0 Å². The number of nitrogens with two attached hydrogens (primary N) is 1. The van der Waals surface area contributed by atoms with Crippen LogP contribution in [-0.2, 0) is 17.9 Å². The van der Waals surface area contributed by atoms with Crippen molar-refractivity contribution in [3.8, 4) is 5.69 Å². The van der Waals surface area contributed by atoms with E-state index in [1.165, 1.54) is 16.8 Å². The molecule has 0 saturated heterocycles. The van der Waals surface area contributed by atoms with Crippen molar-refractivity contribution in [2.75, 3.05) is 5.73 Å². The summed E-state index contributed by atoms with van der Waals surface area (Å²) in [6.45, 7) is 2.51. The number of pyridine rings is 2. The number of aryl methyl sites for hydroxylation is 1. The van der Waals surface area contributed by atoms with Gasteiger partial charge in [-0.3, -0.25) is 9.36 Å². The van der Waals surface area contributed by atoms with Crippen LogP contribution in [0.1, 0.15) is 17.0 Å². The molecular weight excluding hydrogens is 552 g/mol. The first-order valence-electron chi connectivity index (χ1n) is 11.5. The van der Waals surface area contributed by atoms with Crippen LogP contribution in [0.5, 0.6) is 0 Å². The first-order valence-corrected chi connectivity index (χ1v) is 12.3. The van der Waals surface area contributed by atoms with E-state index in [0.29, 0.717) is 23.4 Å². The number of nitrogens with zero attached hydrogens (tertiary/aromatic N) is 6. The Morgan fingerprint density at radius 2 is 2.00 bits per heavy atom. The Morgan fingerprint density at radius 3 is 2.79 bits per heavy atom. The lowest BCUT2D eigenvalue weighted by Gasteiger charge is -2.08. The second-order valence-electron chi connectivity index (χ2n) is 8.48. The second-order valence-corrected chi connectivity index (χ2v) is 9.34. The molecule has 5 aromatic rings. The number of aromatic nitrogens is 6. The third-order valence-corrected chi connectivity index (χ3v) is 6.70. The van der Waals surface area contributed by atoms with Crippen LogP contribution in [0.15, 0.2) is 76.4 Å². The van der Waals surface area contributed by atoms with Crippen molar-refractivity contribution in [1.29, 1.82) is 5.41 Å². The zero-order valence-corrected chi connectivity index (χ0v) is 21.8. The minimum absolute atomic E-state index is 0.125. The predicted octanol–water partition coefficient (Wildman–Crippen LogP) is 2.12. The zero-order chi connectivity index (χ0) is 26.8. The number of rotatable bonds is 8. The molecule has 38 heavy (non-hydrogen) atoms. The zero-order valence-electron chi connectivity index (χ0n) is 20.2. The fourth-order valence-corrected chi connectivity index (χ4v) is 4.21. The normalized spacial score (nSPS) is 11.7. The maximum atomic E-state index is 12.7. The quantitative estimate of drug-likeness (QED) is 0.163. The third-order valence-electron chi connectivity index (χ3n) is 5.87. The summed E-state index contributed by atoms with van der Waals surface area (Å²) in [5, 5.41) is 13.5. The first kappa shape index (κ1) is 24.9. The molecule has 5 aromatic heterocycles. The van der Waals surface area contributed by atoms with Crippen molar-refractivity contribution in [2.24, 2.45) is 0 Å². The molecule has 13 heteroatoms. The van der Waals surface area contributed by atoms with E-state index in [1.807, 2.05) is 29.8 Å². The molecule has 5 rings (SSSR count). The van der Waals surface area contributed by atoms with E-state index >= 15 is 0 Å². The highest BCUT2D eigenvalue weighted by atomic mass is 79.9. The van der Waals surface area contributed by atoms with Crippen LogP contribution in [0.25, 0.3) is 16.9 Å². The number of hydrogen-bond donors (Lipinski definition) is 4. The Bertz CT molecular complexity index is 1740. The fraction of sp³-hybridized carbons (Fsp3) is 0.120. The Balaban J connectivity index is 1.26. The summed E-state index contributed by atoms with van der Waals surface area (Å²) in [6, 6.07) is 7.04. The average molecular weight is 575 g/mol. The SMILES string of the molecule is Cc1cc2nc(CN/C=C(\C=N)C(=O)NCc3ncn4ccc(-n5ccc(N)nc5=O)cc34)cn2cc1Br. The number of nitrogens with one attached hydrogen (secondary N) is 3. The highest BCUT2D eigenvalue weighted by Crippen LogP contribution is 2.18. The molecule has 5 N–H and O–H groups in total. The monoisotopic (exact) mass is 574 g/mol. The van der Waals surface area contributed by atoms with Gasteiger partial charge in [0.25, 0.3) is 5.91 Å². The molecule has 0 aliphatic rings. The van der Waals surface area contributed by atoms with Gasteiger partial charge in [0.15, 0.2) is 0 Å². The van der Waals surface area contributed by atoms with E-state index in [0.717, 1.165) is 27.6 Å². The van der Waals surface area contributed by atoms with Gasteiger partial charge in [-0.15, -0.1) is 0 Å². The van der Waals surface area contributed by atoms with Crippen LogP contribution in [-0.4, -0.2) is 40.4 Å². The average Bonchev–Trinajstić information content (AvgIpc) is 3.48. The van der Waals surface area contributed by atoms with Gasteiger partial charge in [-0.2, -0.15) is 4.98 Å². The van der Waals surface area contributed by atoms with E-state index in [4.69, 9.17) is 11.1 Å². The summed E-state index contributed by atoms with van der Waals surface area (Å²) < 4.78 is 6.06. The molecule has 0 spiro atoms. The smallest absolute Gasteiger partial charge is 0.354 e. The van der Waals surface area contributed by atoms with Crippen molar-refractivity contribution in [3.63, 3.8) is 0 Å². The van der Waals surface area contributed by atoms with Crippen LogP contribution in [0, 0.1) is 12.3 Å². The molecule has 12 nitrogen and oxygen atoms in total. The number of carbonyl (C=O) groups excluding carboxylic acids is 1. The van der Waals surface area contributed by atoms with Gasteiger partial charge in [-0.1, -0.05) is 0 Å². The van der Waals surface area contributed by atoms with E-state index in [9.17, 15) is 9.59 Å². The number of anilines is 1. The van der Waals surface area contributed by atoms with Gasteiger partial charge in [0.2, 0.25) is 0 Å². The summed E-state index contributed by atoms with van der Waals surface area (Å²) in [4.78, 5) is 37.7. The molecule has 0 fully saturated rings. The van der Waals surface area contributed by atoms with Gasteiger partial charge in [0.05, 0.1) is 47.6 Å². The van der Waals surface area contributed by atoms with Crippen LogP contribution in [0.3, 0.4) is 0 Å². The first-order chi connectivity index (χ1) is 18.3. The summed E-state index contributed by atoms with van der Waals surface area (Å²) in [5.74, 6) is -0.287. The fourth-order valence-electron chi connectivity index (χ4n) is 3.88. The molecule has 192 valence electrons. The summed E-state index contributed by atoms with van der Waals surface area (Å²) in [7, 11) is 0. The Morgan fingerprint density at radius 1 is 1.16 bits per heavy atom. The van der Waals surface area contributed by atoms with Crippen LogP contribution in [0.2, 0.25) is 0 Å². The summed E-state index contributed by atoms with van der Waals surface area (Å²) in [5.41, 5.74) is 9.83. The third kappa shape index (κ3) is 5.04. The lowest BCUT2D eigenvalue weighted by atomic mass is 10.2. The van der Waals surface area contributed by atoms with Gasteiger partial charge in [-0.25, -0.2) is 14.8 Å². The number of hydrogen-bond acceptors (Lipinski definition) is 8. The van der Waals surface area contributed by atoms with E-state index in [1.54, 1.807) is 35.3 Å².